The highest BCUT2D eigenvalue weighted by molar-refractivity contribution is 9.10. The molecule has 1 rings (SSSR count). The molecule has 0 unspecified atom stereocenters. The van der Waals surface area contributed by atoms with Gasteiger partial charge in [-0.2, -0.15) is 0 Å². The van der Waals surface area contributed by atoms with E-state index in [9.17, 15) is 9.18 Å². The number of methoxy groups -OCH3 is 1. The quantitative estimate of drug-likeness (QED) is 0.622. The minimum Gasteiger partial charge on any atom is -0.496 e. The highest BCUT2D eigenvalue weighted by atomic mass is 79.9. The third-order valence-electron chi connectivity index (χ3n) is 2.13. The summed E-state index contributed by atoms with van der Waals surface area (Å²) in [5.74, 6) is -0.222. The largest absolute Gasteiger partial charge is 0.496 e. The minimum atomic E-state index is -2.01. The van der Waals surface area contributed by atoms with Crippen LogP contribution >= 0.6 is 15.9 Å². The molecule has 2 nitrogen and oxygen atoms in total. The number of rotatable bonds is 4. The Morgan fingerprint density at radius 3 is 2.67 bits per heavy atom. The molecule has 0 spiro atoms. The molecule has 0 heterocycles. The molecule has 0 saturated carbocycles. The van der Waals surface area contributed by atoms with Gasteiger partial charge in [-0.1, -0.05) is 19.1 Å². The fraction of sp³-hybridized carbons (Fsp3) is 0.364. The van der Waals surface area contributed by atoms with E-state index in [2.05, 4.69) is 15.9 Å². The lowest BCUT2D eigenvalue weighted by Gasteiger charge is -2.16. The Labute approximate surface area is 96.6 Å². The molecule has 1 atom stereocenters. The molecule has 0 bridgehead atoms. The van der Waals surface area contributed by atoms with Gasteiger partial charge in [0.1, 0.15) is 5.75 Å². The van der Waals surface area contributed by atoms with Crippen molar-refractivity contribution in [2.24, 2.45) is 0 Å². The maximum atomic E-state index is 13.7. The number of carbonyl (C=O) groups is 1. The topological polar surface area (TPSA) is 26.3 Å². The zero-order valence-electron chi connectivity index (χ0n) is 8.59. The molecule has 0 aliphatic carbocycles. The zero-order chi connectivity index (χ0) is 11.5. The first-order valence-corrected chi connectivity index (χ1v) is 5.38. The fourth-order valence-corrected chi connectivity index (χ4v) is 1.40. The number of halogens is 2. The van der Waals surface area contributed by atoms with Crippen molar-refractivity contribution in [2.45, 2.75) is 17.9 Å². The Morgan fingerprint density at radius 2 is 2.13 bits per heavy atom. The van der Waals surface area contributed by atoms with Crippen LogP contribution in [0.3, 0.4) is 0 Å². The summed E-state index contributed by atoms with van der Waals surface area (Å²) in [5, 5.41) is 0. The number of alkyl halides is 2. The first-order valence-electron chi connectivity index (χ1n) is 4.58. The van der Waals surface area contributed by atoms with Gasteiger partial charge in [-0.3, -0.25) is 4.79 Å². The van der Waals surface area contributed by atoms with Crippen LogP contribution in [0.15, 0.2) is 24.3 Å². The molecule has 0 aliphatic heterocycles. The van der Waals surface area contributed by atoms with Crippen LogP contribution in [0.1, 0.15) is 23.7 Å². The van der Waals surface area contributed by atoms with E-state index < -0.39 is 10.4 Å². The molecular formula is C11H12BrFO2. The van der Waals surface area contributed by atoms with Gasteiger partial charge < -0.3 is 4.74 Å². The van der Waals surface area contributed by atoms with Gasteiger partial charge in [-0.25, -0.2) is 4.39 Å². The first-order chi connectivity index (χ1) is 7.03. The summed E-state index contributed by atoms with van der Waals surface area (Å²) in [6.45, 7) is 1.60. The molecule has 0 N–H and O–H groups in total. The van der Waals surface area contributed by atoms with Crippen molar-refractivity contribution in [2.75, 3.05) is 7.11 Å². The Morgan fingerprint density at radius 1 is 1.53 bits per heavy atom. The van der Waals surface area contributed by atoms with Crippen molar-refractivity contribution in [3.05, 3.63) is 29.8 Å². The van der Waals surface area contributed by atoms with E-state index in [1.165, 1.54) is 7.11 Å². The van der Waals surface area contributed by atoms with E-state index in [0.29, 0.717) is 5.75 Å². The fourth-order valence-electron chi connectivity index (χ4n) is 1.19. The Hall–Kier alpha value is -0.900. The molecular weight excluding hydrogens is 263 g/mol. The summed E-state index contributed by atoms with van der Waals surface area (Å²) in [7, 11) is 1.45. The van der Waals surface area contributed by atoms with Crippen molar-refractivity contribution in [3.63, 3.8) is 0 Å². The maximum absolute atomic E-state index is 13.7. The van der Waals surface area contributed by atoms with Gasteiger partial charge in [0.05, 0.1) is 12.7 Å². The monoisotopic (exact) mass is 274 g/mol. The lowest BCUT2D eigenvalue weighted by Crippen LogP contribution is -2.26. The molecule has 1 aromatic carbocycles. The molecule has 0 aromatic heterocycles. The van der Waals surface area contributed by atoms with Gasteiger partial charge in [0.25, 0.3) is 0 Å². The predicted octanol–water partition coefficient (Wildman–Crippen LogP) is 3.35. The maximum Gasteiger partial charge on any atom is 0.227 e. The smallest absolute Gasteiger partial charge is 0.227 e. The van der Waals surface area contributed by atoms with Crippen LogP contribution in [0.4, 0.5) is 4.39 Å². The van der Waals surface area contributed by atoms with E-state index >= 15 is 0 Å². The highest BCUT2D eigenvalue weighted by Crippen LogP contribution is 2.32. The number of ether oxygens (including phenoxy) is 1. The number of Topliss-reactive ketones (excluding diaryl/α,β-unsaturated/α-hetero) is 1. The van der Waals surface area contributed by atoms with Gasteiger partial charge in [-0.05, 0) is 34.5 Å². The molecule has 0 saturated heterocycles. The van der Waals surface area contributed by atoms with E-state index in [1.54, 1.807) is 31.2 Å². The SMILES string of the molecule is CC[C@@](F)(Br)C(=O)c1ccccc1OC. The molecule has 0 fully saturated rings. The standard InChI is InChI=1S/C11H12BrFO2/c1-3-11(12,13)10(14)8-6-4-5-7-9(8)15-2/h4-7H,3H2,1-2H3/t11-/m0/s1. The summed E-state index contributed by atoms with van der Waals surface area (Å²) < 4.78 is 16.7. The van der Waals surface area contributed by atoms with Crippen molar-refractivity contribution in [1.82, 2.24) is 0 Å². The van der Waals surface area contributed by atoms with Crippen LogP contribution in [0.25, 0.3) is 0 Å². The molecule has 0 aliphatic rings. The summed E-state index contributed by atoms with van der Waals surface area (Å²) in [6, 6.07) is 6.59. The Bertz CT molecular complexity index is 363. The van der Waals surface area contributed by atoms with Gasteiger partial charge in [0.2, 0.25) is 10.4 Å². The molecule has 15 heavy (non-hydrogen) atoms. The molecule has 0 amide bonds. The number of hydrogen-bond donors (Lipinski definition) is 0. The number of ketones is 1. The van der Waals surface area contributed by atoms with Crippen molar-refractivity contribution < 1.29 is 13.9 Å². The van der Waals surface area contributed by atoms with Crippen LogP contribution in [0, 0.1) is 0 Å². The predicted molar refractivity (Wildman–Crippen MR) is 60.4 cm³/mol. The second kappa shape index (κ2) is 4.75. The van der Waals surface area contributed by atoms with Gasteiger partial charge in [0.15, 0.2) is 0 Å². The van der Waals surface area contributed by atoms with Crippen molar-refractivity contribution >= 4 is 21.7 Å². The molecule has 82 valence electrons. The number of benzene rings is 1. The van der Waals surface area contributed by atoms with Gasteiger partial charge in [-0.15, -0.1) is 0 Å². The van der Waals surface area contributed by atoms with Crippen molar-refractivity contribution in [1.29, 1.82) is 0 Å². The van der Waals surface area contributed by atoms with Gasteiger partial charge >= 0.3 is 0 Å². The number of para-hydroxylation sites is 1. The first kappa shape index (κ1) is 12.2. The zero-order valence-corrected chi connectivity index (χ0v) is 10.2. The second-order valence-electron chi connectivity index (χ2n) is 3.09. The van der Waals surface area contributed by atoms with Crippen LogP contribution in [0.2, 0.25) is 0 Å². The average Bonchev–Trinajstić information content (AvgIpc) is 2.28. The normalized spacial score (nSPS) is 14.4. The average molecular weight is 275 g/mol. The second-order valence-corrected chi connectivity index (χ2v) is 4.34. The molecule has 0 radical (unpaired) electrons. The minimum absolute atomic E-state index is 0.0733. The van der Waals surface area contributed by atoms with Crippen LogP contribution in [0.5, 0.6) is 5.75 Å². The van der Waals surface area contributed by atoms with Crippen molar-refractivity contribution in [3.8, 4) is 5.75 Å². The lowest BCUT2D eigenvalue weighted by atomic mass is 10.0. The summed E-state index contributed by atoms with van der Waals surface area (Å²) in [4.78, 5) is 11.8. The van der Waals surface area contributed by atoms with Gasteiger partial charge in [0, 0.05) is 0 Å². The Balaban J connectivity index is 3.11. The van der Waals surface area contributed by atoms with Crippen LogP contribution < -0.4 is 4.74 Å². The van der Waals surface area contributed by atoms with E-state index in [-0.39, 0.29) is 12.0 Å². The third kappa shape index (κ3) is 2.56. The Kier molecular flexibility index (Phi) is 3.85. The van der Waals surface area contributed by atoms with Crippen LogP contribution in [-0.2, 0) is 0 Å². The molecule has 4 heteroatoms. The summed E-state index contributed by atoms with van der Waals surface area (Å²) >= 11 is 2.77. The van der Waals surface area contributed by atoms with E-state index in [1.807, 2.05) is 0 Å². The number of carbonyl (C=O) groups excluding carboxylic acids is 1. The number of hydrogen-bond acceptors (Lipinski definition) is 2. The summed E-state index contributed by atoms with van der Waals surface area (Å²) in [5.41, 5.74) is 0.251. The molecule has 1 aromatic rings. The van der Waals surface area contributed by atoms with E-state index in [4.69, 9.17) is 4.74 Å². The van der Waals surface area contributed by atoms with E-state index in [0.717, 1.165) is 0 Å². The summed E-state index contributed by atoms with van der Waals surface area (Å²) in [6.07, 6.45) is 0.0733. The van der Waals surface area contributed by atoms with Crippen LogP contribution in [-0.4, -0.2) is 17.5 Å². The highest BCUT2D eigenvalue weighted by Gasteiger charge is 2.35. The third-order valence-corrected chi connectivity index (χ3v) is 3.05. The lowest BCUT2D eigenvalue weighted by molar-refractivity contribution is 0.0840.